The number of likely N-dealkylation sites (tertiary alicyclic amines) is 1. The molecule has 0 spiro atoms. The number of halogens is 1. The van der Waals surface area contributed by atoms with E-state index in [-0.39, 0.29) is 17.0 Å². The highest BCUT2D eigenvalue weighted by Gasteiger charge is 2.30. The highest BCUT2D eigenvalue weighted by Crippen LogP contribution is 2.30. The van der Waals surface area contributed by atoms with Crippen molar-refractivity contribution >= 4 is 17.7 Å². The molecule has 1 fully saturated rings. The number of hydrogen-bond donors (Lipinski definition) is 0. The number of nitrogens with zero attached hydrogens (tertiary/aromatic N) is 4. The van der Waals surface area contributed by atoms with E-state index < -0.39 is 0 Å². The molecule has 3 rings (SSSR count). The van der Waals surface area contributed by atoms with Crippen LogP contribution in [0.5, 0.6) is 0 Å². The quantitative estimate of drug-likeness (QED) is 0.535. The topological polar surface area (TPSA) is 51.0 Å². The first-order chi connectivity index (χ1) is 13.4. The SMILES string of the molecule is C=CCn1c(SC(C)C(=O)N2CC(C)CC(C)C2)nnc1-c1ccccc1F. The highest BCUT2D eigenvalue weighted by atomic mass is 32.2. The fourth-order valence-electron chi connectivity index (χ4n) is 3.82. The van der Waals surface area contributed by atoms with Crippen molar-refractivity contribution in [2.24, 2.45) is 11.8 Å². The number of piperidine rings is 1. The second kappa shape index (κ2) is 8.90. The Kier molecular flexibility index (Phi) is 6.54. The van der Waals surface area contributed by atoms with Crippen molar-refractivity contribution in [3.05, 3.63) is 42.7 Å². The van der Waals surface area contributed by atoms with E-state index in [0.29, 0.717) is 34.9 Å². The van der Waals surface area contributed by atoms with Crippen molar-refractivity contribution in [3.63, 3.8) is 0 Å². The van der Waals surface area contributed by atoms with Gasteiger partial charge in [-0.3, -0.25) is 9.36 Å². The molecule has 0 saturated carbocycles. The lowest BCUT2D eigenvalue weighted by atomic mass is 9.92. The van der Waals surface area contributed by atoms with E-state index in [1.807, 2.05) is 11.8 Å². The van der Waals surface area contributed by atoms with Gasteiger partial charge in [0, 0.05) is 19.6 Å². The zero-order chi connectivity index (χ0) is 20.3. The van der Waals surface area contributed by atoms with Crippen molar-refractivity contribution in [1.29, 1.82) is 0 Å². The molecule has 28 heavy (non-hydrogen) atoms. The predicted octanol–water partition coefficient (Wildman–Crippen LogP) is 4.26. The summed E-state index contributed by atoms with van der Waals surface area (Å²) >= 11 is 1.36. The second-order valence-corrected chi connectivity index (χ2v) is 8.94. The van der Waals surface area contributed by atoms with Crippen molar-refractivity contribution < 1.29 is 9.18 Å². The van der Waals surface area contributed by atoms with E-state index in [4.69, 9.17) is 0 Å². The molecule has 1 aromatic heterocycles. The summed E-state index contributed by atoms with van der Waals surface area (Å²) in [6, 6.07) is 6.49. The van der Waals surface area contributed by atoms with Gasteiger partial charge in [-0.2, -0.15) is 0 Å². The number of thioether (sulfide) groups is 1. The Hall–Kier alpha value is -2.15. The van der Waals surface area contributed by atoms with Gasteiger partial charge in [-0.05, 0) is 37.3 Å². The van der Waals surface area contributed by atoms with Crippen LogP contribution in [-0.2, 0) is 11.3 Å². The van der Waals surface area contributed by atoms with E-state index in [2.05, 4.69) is 30.6 Å². The number of rotatable bonds is 6. The van der Waals surface area contributed by atoms with Crippen molar-refractivity contribution in [3.8, 4) is 11.4 Å². The van der Waals surface area contributed by atoms with Crippen LogP contribution in [0.1, 0.15) is 27.2 Å². The van der Waals surface area contributed by atoms with Crippen molar-refractivity contribution in [2.45, 2.75) is 44.1 Å². The second-order valence-electron chi connectivity index (χ2n) is 7.63. The van der Waals surface area contributed by atoms with Gasteiger partial charge in [0.2, 0.25) is 5.91 Å². The molecule has 3 atom stereocenters. The first-order valence-electron chi connectivity index (χ1n) is 9.65. The first-order valence-corrected chi connectivity index (χ1v) is 10.5. The maximum Gasteiger partial charge on any atom is 0.235 e. The normalized spacial score (nSPS) is 20.8. The molecule has 1 aliphatic heterocycles. The van der Waals surface area contributed by atoms with Gasteiger partial charge in [0.25, 0.3) is 0 Å². The molecule has 1 aromatic carbocycles. The molecule has 0 bridgehead atoms. The molecule has 2 aromatic rings. The number of amides is 1. The number of aromatic nitrogens is 3. The number of carbonyl (C=O) groups excluding carboxylic acids is 1. The molecule has 3 unspecified atom stereocenters. The molecule has 1 saturated heterocycles. The molecule has 2 heterocycles. The zero-order valence-electron chi connectivity index (χ0n) is 16.6. The molecule has 7 heteroatoms. The molecule has 0 radical (unpaired) electrons. The number of allylic oxidation sites excluding steroid dienone is 1. The number of carbonyl (C=O) groups is 1. The smallest absolute Gasteiger partial charge is 0.235 e. The van der Waals surface area contributed by atoms with Gasteiger partial charge in [-0.1, -0.05) is 43.8 Å². The van der Waals surface area contributed by atoms with Crippen LogP contribution in [0, 0.1) is 17.7 Å². The Morgan fingerprint density at radius 1 is 1.32 bits per heavy atom. The molecule has 0 N–H and O–H groups in total. The predicted molar refractivity (Wildman–Crippen MR) is 110 cm³/mol. The minimum Gasteiger partial charge on any atom is -0.341 e. The summed E-state index contributed by atoms with van der Waals surface area (Å²) in [5.41, 5.74) is 0.390. The van der Waals surface area contributed by atoms with Gasteiger partial charge in [-0.15, -0.1) is 16.8 Å². The summed E-state index contributed by atoms with van der Waals surface area (Å²) in [5.74, 6) is 1.24. The summed E-state index contributed by atoms with van der Waals surface area (Å²) in [4.78, 5) is 14.9. The van der Waals surface area contributed by atoms with Crippen LogP contribution in [0.4, 0.5) is 4.39 Å². The third-order valence-electron chi connectivity index (χ3n) is 4.95. The average molecular weight is 403 g/mol. The minimum atomic E-state index is -0.350. The molecule has 150 valence electrons. The Morgan fingerprint density at radius 2 is 2.00 bits per heavy atom. The van der Waals surface area contributed by atoms with Crippen molar-refractivity contribution in [1.82, 2.24) is 19.7 Å². The summed E-state index contributed by atoms with van der Waals surface area (Å²) in [5, 5.41) is 8.74. The Balaban J connectivity index is 1.81. The van der Waals surface area contributed by atoms with Gasteiger partial charge < -0.3 is 4.90 Å². The lowest BCUT2D eigenvalue weighted by Gasteiger charge is -2.36. The van der Waals surface area contributed by atoms with Gasteiger partial charge in [0.1, 0.15) is 5.82 Å². The average Bonchev–Trinajstić information content (AvgIpc) is 3.03. The fourth-order valence-corrected chi connectivity index (χ4v) is 4.76. The van der Waals surface area contributed by atoms with Gasteiger partial charge in [0.15, 0.2) is 11.0 Å². The van der Waals surface area contributed by atoms with E-state index >= 15 is 0 Å². The number of benzene rings is 1. The maximum absolute atomic E-state index is 14.2. The monoisotopic (exact) mass is 402 g/mol. The Bertz CT molecular complexity index is 843. The fraction of sp³-hybridized carbons (Fsp3) is 0.476. The van der Waals surface area contributed by atoms with Gasteiger partial charge in [0.05, 0.1) is 10.8 Å². The first kappa shape index (κ1) is 20.6. The van der Waals surface area contributed by atoms with Crippen LogP contribution < -0.4 is 0 Å². The standard InChI is InChI=1S/C21H27FN4OS/c1-5-10-26-19(17-8-6-7-9-18(17)22)23-24-21(26)28-16(4)20(27)25-12-14(2)11-15(3)13-25/h5-9,14-16H,1,10-13H2,2-4H3. The molecular formula is C21H27FN4OS. The molecule has 5 nitrogen and oxygen atoms in total. The van der Waals surface area contributed by atoms with Crippen LogP contribution in [0.3, 0.4) is 0 Å². The van der Waals surface area contributed by atoms with Crippen LogP contribution in [0.15, 0.2) is 42.1 Å². The van der Waals surface area contributed by atoms with Crippen LogP contribution in [0.25, 0.3) is 11.4 Å². The van der Waals surface area contributed by atoms with E-state index in [9.17, 15) is 9.18 Å². The maximum atomic E-state index is 14.2. The third kappa shape index (κ3) is 4.46. The molecule has 1 amide bonds. The summed E-state index contributed by atoms with van der Waals surface area (Å²) < 4.78 is 16.0. The molecule has 1 aliphatic rings. The highest BCUT2D eigenvalue weighted by molar-refractivity contribution is 8.00. The van der Waals surface area contributed by atoms with Gasteiger partial charge >= 0.3 is 0 Å². The molecule has 0 aliphatic carbocycles. The summed E-state index contributed by atoms with van der Waals surface area (Å²) in [7, 11) is 0. The minimum absolute atomic E-state index is 0.115. The zero-order valence-corrected chi connectivity index (χ0v) is 17.5. The van der Waals surface area contributed by atoms with Crippen molar-refractivity contribution in [2.75, 3.05) is 13.1 Å². The van der Waals surface area contributed by atoms with E-state index in [1.165, 1.54) is 17.8 Å². The Labute approximate surface area is 170 Å². The van der Waals surface area contributed by atoms with Gasteiger partial charge in [-0.25, -0.2) is 4.39 Å². The Morgan fingerprint density at radius 3 is 2.64 bits per heavy atom. The summed E-state index contributed by atoms with van der Waals surface area (Å²) in [6.07, 6.45) is 2.88. The van der Waals surface area contributed by atoms with E-state index in [0.717, 1.165) is 19.5 Å². The van der Waals surface area contributed by atoms with Crippen LogP contribution in [-0.4, -0.2) is 43.9 Å². The van der Waals surface area contributed by atoms with E-state index in [1.54, 1.807) is 28.8 Å². The third-order valence-corrected chi connectivity index (χ3v) is 6.02. The van der Waals surface area contributed by atoms with Crippen LogP contribution in [0.2, 0.25) is 0 Å². The largest absolute Gasteiger partial charge is 0.341 e. The number of hydrogen-bond acceptors (Lipinski definition) is 4. The summed E-state index contributed by atoms with van der Waals surface area (Å²) in [6.45, 7) is 12.1. The lowest BCUT2D eigenvalue weighted by Crippen LogP contribution is -2.45. The molecular weight excluding hydrogens is 375 g/mol. The van der Waals surface area contributed by atoms with Crippen LogP contribution >= 0.6 is 11.8 Å². The lowest BCUT2D eigenvalue weighted by molar-refractivity contribution is -0.132.